The first kappa shape index (κ1) is 16.5. The van der Waals surface area contributed by atoms with Crippen LogP contribution in [-0.4, -0.2) is 9.55 Å². The van der Waals surface area contributed by atoms with Crippen LogP contribution in [0.15, 0.2) is 11.6 Å². The molecule has 0 atom stereocenters. The van der Waals surface area contributed by atoms with E-state index in [0.717, 1.165) is 39.2 Å². The summed E-state index contributed by atoms with van der Waals surface area (Å²) in [5.41, 5.74) is 14.2. The molecule has 0 aromatic carbocycles. The Balaban J connectivity index is 2.36. The molecular weight excluding hydrogens is 310 g/mol. The molecule has 1 aliphatic rings. The fraction of sp³-hybridized carbons (Fsp3) is 0.250. The Morgan fingerprint density at radius 3 is 2.36 bits per heavy atom. The molecule has 0 amide bonds. The minimum absolute atomic E-state index is 0.173. The van der Waals surface area contributed by atoms with Gasteiger partial charge in [-0.1, -0.05) is 0 Å². The summed E-state index contributed by atoms with van der Waals surface area (Å²) in [5.74, 6) is 0.173. The molecule has 0 spiro atoms. The monoisotopic (exact) mass is 329 g/mol. The minimum atomic E-state index is 0.173. The second-order valence-corrected chi connectivity index (χ2v) is 6.39. The van der Waals surface area contributed by atoms with Crippen molar-refractivity contribution in [2.75, 3.05) is 5.73 Å². The average molecular weight is 329 g/mol. The number of pyridine rings is 1. The number of rotatable bonds is 1. The maximum Gasteiger partial charge on any atom is 0.142 e. The van der Waals surface area contributed by atoms with Crippen molar-refractivity contribution in [3.8, 4) is 12.1 Å². The second kappa shape index (κ2) is 5.65. The number of nitriles is 2. The minimum Gasteiger partial charge on any atom is -0.383 e. The predicted octanol–water partition coefficient (Wildman–Crippen LogP) is 3.65. The number of allylic oxidation sites excluding steroid dienone is 3. The van der Waals surface area contributed by atoms with E-state index in [9.17, 15) is 10.5 Å². The number of nitrogen functional groups attached to an aromatic ring is 1. The SMILES string of the molecule is CC1=C(C#N)c2nc(N)c(C#N)c(C)c2/C1=C\c1cc(C)n(C)c1C. The zero-order valence-electron chi connectivity index (χ0n) is 15.0. The summed E-state index contributed by atoms with van der Waals surface area (Å²) < 4.78 is 2.13. The number of nitrogens with two attached hydrogens (primary N) is 1. The summed E-state index contributed by atoms with van der Waals surface area (Å²) >= 11 is 0. The Bertz CT molecular complexity index is 1070. The van der Waals surface area contributed by atoms with Gasteiger partial charge in [0.1, 0.15) is 18.0 Å². The zero-order valence-corrected chi connectivity index (χ0v) is 15.0. The lowest BCUT2D eigenvalue weighted by Gasteiger charge is -2.11. The Morgan fingerprint density at radius 1 is 1.16 bits per heavy atom. The van der Waals surface area contributed by atoms with Crippen molar-refractivity contribution in [2.24, 2.45) is 7.05 Å². The van der Waals surface area contributed by atoms with Gasteiger partial charge in [-0.15, -0.1) is 0 Å². The third kappa shape index (κ3) is 2.25. The molecule has 0 saturated carbocycles. The van der Waals surface area contributed by atoms with Crippen molar-refractivity contribution in [1.82, 2.24) is 9.55 Å². The number of fused-ring (bicyclic) bond motifs is 1. The lowest BCUT2D eigenvalue weighted by atomic mass is 9.95. The molecule has 2 aromatic rings. The van der Waals surface area contributed by atoms with Crippen molar-refractivity contribution in [3.05, 3.63) is 51.0 Å². The van der Waals surface area contributed by atoms with Crippen LogP contribution in [0.2, 0.25) is 0 Å². The number of aromatic nitrogens is 2. The summed E-state index contributed by atoms with van der Waals surface area (Å²) in [7, 11) is 2.03. The third-order valence-corrected chi connectivity index (χ3v) is 5.10. The number of aryl methyl sites for hydroxylation is 1. The topological polar surface area (TPSA) is 91.4 Å². The standard InChI is InChI=1S/C20H19N5/c1-10-6-14(13(4)25(10)5)7-15-11(2)16(8-21)19-18(15)12(3)17(9-22)20(23)24-19/h6-7H,1-5H3,(H2,23,24)/b15-7-. The summed E-state index contributed by atoms with van der Waals surface area (Å²) in [5, 5.41) is 19.0. The lowest BCUT2D eigenvalue weighted by Crippen LogP contribution is -2.03. The van der Waals surface area contributed by atoms with Gasteiger partial charge in [-0.2, -0.15) is 10.5 Å². The van der Waals surface area contributed by atoms with Gasteiger partial charge in [0.05, 0.1) is 16.8 Å². The van der Waals surface area contributed by atoms with Gasteiger partial charge in [-0.25, -0.2) is 4.98 Å². The maximum atomic E-state index is 9.59. The van der Waals surface area contributed by atoms with E-state index < -0.39 is 0 Å². The Hall–Kier alpha value is -3.31. The van der Waals surface area contributed by atoms with Crippen LogP contribution in [0.4, 0.5) is 5.82 Å². The van der Waals surface area contributed by atoms with Crippen LogP contribution < -0.4 is 5.73 Å². The highest BCUT2D eigenvalue weighted by Gasteiger charge is 2.29. The van der Waals surface area contributed by atoms with E-state index in [1.165, 1.54) is 0 Å². The van der Waals surface area contributed by atoms with Crippen LogP contribution in [-0.2, 0) is 7.05 Å². The Kier molecular flexibility index (Phi) is 3.74. The Labute approximate surface area is 147 Å². The number of nitrogens with zero attached hydrogens (tertiary/aromatic N) is 4. The van der Waals surface area contributed by atoms with E-state index in [-0.39, 0.29) is 5.82 Å². The van der Waals surface area contributed by atoms with Gasteiger partial charge in [-0.3, -0.25) is 0 Å². The predicted molar refractivity (Wildman–Crippen MR) is 99.1 cm³/mol. The molecule has 0 saturated heterocycles. The molecule has 5 heteroatoms. The fourth-order valence-electron chi connectivity index (χ4n) is 3.38. The van der Waals surface area contributed by atoms with Crippen molar-refractivity contribution in [1.29, 1.82) is 10.5 Å². The van der Waals surface area contributed by atoms with Crippen LogP contribution in [0.1, 0.15) is 46.3 Å². The Morgan fingerprint density at radius 2 is 1.84 bits per heavy atom. The van der Waals surface area contributed by atoms with E-state index in [0.29, 0.717) is 16.8 Å². The average Bonchev–Trinajstić information content (AvgIpc) is 2.97. The first-order chi connectivity index (χ1) is 11.8. The van der Waals surface area contributed by atoms with E-state index in [1.54, 1.807) is 0 Å². The summed E-state index contributed by atoms with van der Waals surface area (Å²) in [6, 6.07) is 6.49. The molecule has 0 unspecified atom stereocenters. The summed E-state index contributed by atoms with van der Waals surface area (Å²) in [4.78, 5) is 4.35. The molecule has 2 heterocycles. The number of anilines is 1. The normalized spacial score (nSPS) is 14.6. The van der Waals surface area contributed by atoms with Crippen LogP contribution >= 0.6 is 0 Å². The first-order valence-corrected chi connectivity index (χ1v) is 7.98. The molecular formula is C20H19N5. The van der Waals surface area contributed by atoms with Crippen molar-refractivity contribution in [3.63, 3.8) is 0 Å². The highest BCUT2D eigenvalue weighted by Crippen LogP contribution is 2.44. The van der Waals surface area contributed by atoms with Gasteiger partial charge >= 0.3 is 0 Å². The van der Waals surface area contributed by atoms with Crippen LogP contribution in [0.25, 0.3) is 17.2 Å². The highest BCUT2D eigenvalue weighted by atomic mass is 14.9. The molecule has 124 valence electrons. The van der Waals surface area contributed by atoms with Crippen molar-refractivity contribution in [2.45, 2.75) is 27.7 Å². The number of hydrogen-bond acceptors (Lipinski definition) is 4. The van der Waals surface area contributed by atoms with Gasteiger partial charge in [0.25, 0.3) is 0 Å². The van der Waals surface area contributed by atoms with Gasteiger partial charge in [0, 0.05) is 24.0 Å². The maximum absolute atomic E-state index is 9.59. The summed E-state index contributed by atoms with van der Waals surface area (Å²) in [6.45, 7) is 7.90. The lowest BCUT2D eigenvalue weighted by molar-refractivity contribution is 0.843. The smallest absolute Gasteiger partial charge is 0.142 e. The van der Waals surface area contributed by atoms with E-state index in [4.69, 9.17) is 5.73 Å². The molecule has 2 N–H and O–H groups in total. The molecule has 1 aliphatic carbocycles. The molecule has 3 rings (SSSR count). The van der Waals surface area contributed by atoms with E-state index in [2.05, 4.69) is 47.7 Å². The van der Waals surface area contributed by atoms with Gasteiger partial charge in [-0.05, 0) is 62.1 Å². The quantitative estimate of drug-likeness (QED) is 0.864. The third-order valence-electron chi connectivity index (χ3n) is 5.10. The zero-order chi connectivity index (χ0) is 18.5. The molecule has 2 aromatic heterocycles. The largest absolute Gasteiger partial charge is 0.383 e. The van der Waals surface area contributed by atoms with Crippen molar-refractivity contribution < 1.29 is 0 Å². The van der Waals surface area contributed by atoms with Crippen molar-refractivity contribution >= 4 is 23.0 Å². The highest BCUT2D eigenvalue weighted by molar-refractivity contribution is 6.08. The fourth-order valence-corrected chi connectivity index (χ4v) is 3.38. The molecule has 5 nitrogen and oxygen atoms in total. The molecule has 25 heavy (non-hydrogen) atoms. The second-order valence-electron chi connectivity index (χ2n) is 6.39. The van der Waals surface area contributed by atoms with E-state index in [1.807, 2.05) is 20.9 Å². The first-order valence-electron chi connectivity index (χ1n) is 7.98. The van der Waals surface area contributed by atoms with Crippen LogP contribution in [0.3, 0.4) is 0 Å². The van der Waals surface area contributed by atoms with Gasteiger partial charge < -0.3 is 10.3 Å². The van der Waals surface area contributed by atoms with Crippen LogP contribution in [0, 0.1) is 43.4 Å². The molecule has 0 bridgehead atoms. The van der Waals surface area contributed by atoms with Gasteiger partial charge in [0.2, 0.25) is 0 Å². The molecule has 0 fully saturated rings. The van der Waals surface area contributed by atoms with E-state index >= 15 is 0 Å². The summed E-state index contributed by atoms with van der Waals surface area (Å²) in [6.07, 6.45) is 2.08. The van der Waals surface area contributed by atoms with Crippen LogP contribution in [0.5, 0.6) is 0 Å². The number of hydrogen-bond donors (Lipinski definition) is 1. The van der Waals surface area contributed by atoms with Gasteiger partial charge in [0.15, 0.2) is 0 Å². The molecule has 0 aliphatic heterocycles. The molecule has 0 radical (unpaired) electrons.